The molecule has 3 aromatic carbocycles. The summed E-state index contributed by atoms with van der Waals surface area (Å²) in [5, 5.41) is 19.3. The first-order chi connectivity index (χ1) is 16.2. The standard InChI is InChI=1S/C28H24ClF2N3/c1-28(2,31)26(22-11-19(15-33)12-25(30)13-22)23-16-34(17-23)27(20-6-8-24(29)9-7-20)21-5-3-4-18(10-21)14-32/h3-13,23,26-27H,16-17H2,1-2H3/t26-,27-/m1/s1. The van der Waals surface area contributed by atoms with Crippen LogP contribution in [0.5, 0.6) is 0 Å². The molecule has 1 aliphatic heterocycles. The zero-order chi connectivity index (χ0) is 24.5. The number of likely N-dealkylation sites (tertiary alicyclic amines) is 1. The Morgan fingerprint density at radius 1 is 0.912 bits per heavy atom. The molecule has 3 aromatic rings. The van der Waals surface area contributed by atoms with Gasteiger partial charge in [0.1, 0.15) is 11.5 Å². The van der Waals surface area contributed by atoms with Gasteiger partial charge in [0.2, 0.25) is 0 Å². The van der Waals surface area contributed by atoms with E-state index in [1.54, 1.807) is 12.1 Å². The summed E-state index contributed by atoms with van der Waals surface area (Å²) < 4.78 is 29.6. The Balaban J connectivity index is 1.66. The van der Waals surface area contributed by atoms with E-state index in [0.717, 1.165) is 17.2 Å². The number of alkyl halides is 1. The second kappa shape index (κ2) is 9.55. The van der Waals surface area contributed by atoms with Gasteiger partial charge in [-0.25, -0.2) is 8.78 Å². The van der Waals surface area contributed by atoms with E-state index < -0.39 is 17.4 Å². The first-order valence-corrected chi connectivity index (χ1v) is 11.5. The number of rotatable bonds is 6. The normalized spacial score (nSPS) is 16.2. The summed E-state index contributed by atoms with van der Waals surface area (Å²) in [5.41, 5.74) is 1.64. The lowest BCUT2D eigenvalue weighted by molar-refractivity contribution is 0.00812. The monoisotopic (exact) mass is 475 g/mol. The molecule has 1 heterocycles. The van der Waals surface area contributed by atoms with Crippen LogP contribution < -0.4 is 0 Å². The average molecular weight is 476 g/mol. The summed E-state index contributed by atoms with van der Waals surface area (Å²) in [7, 11) is 0. The van der Waals surface area contributed by atoms with Gasteiger partial charge in [0, 0.05) is 24.0 Å². The van der Waals surface area contributed by atoms with Crippen molar-refractivity contribution in [2.24, 2.45) is 5.92 Å². The van der Waals surface area contributed by atoms with Crippen LogP contribution in [0.25, 0.3) is 0 Å². The highest BCUT2D eigenvalue weighted by Crippen LogP contribution is 2.45. The molecule has 0 unspecified atom stereocenters. The highest BCUT2D eigenvalue weighted by molar-refractivity contribution is 6.30. The first kappa shape index (κ1) is 23.9. The molecular weight excluding hydrogens is 452 g/mol. The second-order valence-corrected chi connectivity index (χ2v) is 9.77. The lowest BCUT2D eigenvalue weighted by Gasteiger charge is -2.50. The van der Waals surface area contributed by atoms with E-state index in [0.29, 0.717) is 29.2 Å². The molecule has 0 bridgehead atoms. The van der Waals surface area contributed by atoms with Gasteiger partial charge in [0.15, 0.2) is 0 Å². The lowest BCUT2D eigenvalue weighted by Crippen LogP contribution is -2.53. The second-order valence-electron chi connectivity index (χ2n) is 9.33. The lowest BCUT2D eigenvalue weighted by atomic mass is 9.72. The largest absolute Gasteiger partial charge is 0.292 e. The summed E-state index contributed by atoms with van der Waals surface area (Å²) in [6.07, 6.45) is 0. The van der Waals surface area contributed by atoms with Crippen LogP contribution in [0.4, 0.5) is 8.78 Å². The SMILES string of the molecule is CC(C)(F)[C@H](c1cc(F)cc(C#N)c1)C1CN([C@H](c2ccc(Cl)cc2)c2cccc(C#N)c2)C1. The number of hydrogen-bond donors (Lipinski definition) is 0. The summed E-state index contributed by atoms with van der Waals surface area (Å²) in [6, 6.07) is 23.2. The summed E-state index contributed by atoms with van der Waals surface area (Å²) in [4.78, 5) is 2.23. The third-order valence-corrected chi connectivity index (χ3v) is 6.69. The number of nitrogens with zero attached hydrogens (tertiary/aromatic N) is 3. The number of halogens is 3. The highest BCUT2D eigenvalue weighted by Gasteiger charge is 2.45. The third-order valence-electron chi connectivity index (χ3n) is 6.44. The van der Waals surface area contributed by atoms with E-state index in [2.05, 4.69) is 11.0 Å². The maximum atomic E-state index is 15.4. The zero-order valence-electron chi connectivity index (χ0n) is 19.0. The molecule has 0 amide bonds. The molecule has 0 N–H and O–H groups in total. The fraction of sp³-hybridized carbons (Fsp3) is 0.286. The molecule has 0 aliphatic carbocycles. The van der Waals surface area contributed by atoms with E-state index in [1.807, 2.05) is 48.5 Å². The Morgan fingerprint density at radius 2 is 1.56 bits per heavy atom. The third kappa shape index (κ3) is 4.97. The Bertz CT molecular complexity index is 1260. The Morgan fingerprint density at radius 3 is 2.18 bits per heavy atom. The number of benzene rings is 3. The Kier molecular flexibility index (Phi) is 6.71. The highest BCUT2D eigenvalue weighted by atomic mass is 35.5. The van der Waals surface area contributed by atoms with Gasteiger partial charge in [-0.15, -0.1) is 0 Å². The maximum absolute atomic E-state index is 15.4. The molecule has 6 heteroatoms. The molecule has 0 aromatic heterocycles. The van der Waals surface area contributed by atoms with Crippen molar-refractivity contribution in [2.75, 3.05) is 13.1 Å². The van der Waals surface area contributed by atoms with Gasteiger partial charge in [-0.3, -0.25) is 4.90 Å². The van der Waals surface area contributed by atoms with E-state index >= 15 is 4.39 Å². The fourth-order valence-corrected chi connectivity index (χ4v) is 5.22. The molecule has 172 valence electrons. The minimum Gasteiger partial charge on any atom is -0.292 e. The van der Waals surface area contributed by atoms with Crippen molar-refractivity contribution in [2.45, 2.75) is 31.5 Å². The molecule has 0 saturated carbocycles. The Hall–Kier alpha value is -3.25. The van der Waals surface area contributed by atoms with Crippen molar-refractivity contribution >= 4 is 11.6 Å². The molecule has 2 atom stereocenters. The van der Waals surface area contributed by atoms with Crippen molar-refractivity contribution in [3.63, 3.8) is 0 Å². The smallest absolute Gasteiger partial charge is 0.124 e. The predicted octanol–water partition coefficient (Wildman–Crippen LogP) is 6.78. The number of hydrogen-bond acceptors (Lipinski definition) is 3. The van der Waals surface area contributed by atoms with Crippen molar-refractivity contribution < 1.29 is 8.78 Å². The van der Waals surface area contributed by atoms with Crippen LogP contribution in [0.3, 0.4) is 0 Å². The van der Waals surface area contributed by atoms with Gasteiger partial charge in [-0.2, -0.15) is 10.5 Å². The van der Waals surface area contributed by atoms with Gasteiger partial charge in [-0.05, 0) is 78.9 Å². The molecule has 1 saturated heterocycles. The fourth-order valence-electron chi connectivity index (χ4n) is 5.09. The van der Waals surface area contributed by atoms with Crippen molar-refractivity contribution in [1.82, 2.24) is 4.90 Å². The van der Waals surface area contributed by atoms with E-state index in [9.17, 15) is 14.9 Å². The minimum atomic E-state index is -1.60. The minimum absolute atomic E-state index is 0.0673. The van der Waals surface area contributed by atoms with Gasteiger partial charge in [0.05, 0.1) is 29.3 Å². The van der Waals surface area contributed by atoms with Gasteiger partial charge in [0.25, 0.3) is 0 Å². The predicted molar refractivity (Wildman–Crippen MR) is 129 cm³/mol. The van der Waals surface area contributed by atoms with E-state index in [4.69, 9.17) is 11.6 Å². The molecule has 0 radical (unpaired) electrons. The van der Waals surface area contributed by atoms with Gasteiger partial charge < -0.3 is 0 Å². The molecule has 1 aliphatic rings. The van der Waals surface area contributed by atoms with Gasteiger partial charge in [-0.1, -0.05) is 35.9 Å². The van der Waals surface area contributed by atoms with Crippen LogP contribution in [0.2, 0.25) is 5.02 Å². The molecular formula is C28H24ClF2N3. The van der Waals surface area contributed by atoms with Crippen LogP contribution in [-0.2, 0) is 0 Å². The van der Waals surface area contributed by atoms with Gasteiger partial charge >= 0.3 is 0 Å². The Labute approximate surface area is 203 Å². The molecule has 4 rings (SSSR count). The topological polar surface area (TPSA) is 50.8 Å². The molecule has 3 nitrogen and oxygen atoms in total. The quantitative estimate of drug-likeness (QED) is 0.395. The summed E-state index contributed by atoms with van der Waals surface area (Å²) in [5.74, 6) is -1.17. The zero-order valence-corrected chi connectivity index (χ0v) is 19.7. The molecule has 34 heavy (non-hydrogen) atoms. The van der Waals surface area contributed by atoms with E-state index in [1.165, 1.54) is 19.9 Å². The summed E-state index contributed by atoms with van der Waals surface area (Å²) in [6.45, 7) is 4.18. The van der Waals surface area contributed by atoms with Crippen molar-refractivity contribution in [3.8, 4) is 12.1 Å². The van der Waals surface area contributed by atoms with Crippen LogP contribution in [0.15, 0.2) is 66.7 Å². The average Bonchev–Trinajstić information content (AvgIpc) is 2.77. The van der Waals surface area contributed by atoms with Crippen LogP contribution in [0.1, 0.15) is 53.6 Å². The van der Waals surface area contributed by atoms with Crippen LogP contribution in [0, 0.1) is 34.4 Å². The van der Waals surface area contributed by atoms with Crippen molar-refractivity contribution in [3.05, 3.63) is 105 Å². The molecule has 1 fully saturated rings. The maximum Gasteiger partial charge on any atom is 0.124 e. The van der Waals surface area contributed by atoms with E-state index in [-0.39, 0.29) is 17.5 Å². The van der Waals surface area contributed by atoms with Crippen LogP contribution in [-0.4, -0.2) is 23.7 Å². The molecule has 0 spiro atoms. The summed E-state index contributed by atoms with van der Waals surface area (Å²) >= 11 is 6.11. The van der Waals surface area contributed by atoms with Crippen LogP contribution >= 0.6 is 11.6 Å². The number of nitriles is 2. The first-order valence-electron chi connectivity index (χ1n) is 11.1. The van der Waals surface area contributed by atoms with Crippen molar-refractivity contribution in [1.29, 1.82) is 10.5 Å².